The highest BCUT2D eigenvalue weighted by molar-refractivity contribution is 14.1. The van der Waals surface area contributed by atoms with Crippen molar-refractivity contribution < 1.29 is 14.3 Å². The Labute approximate surface area is 201 Å². The van der Waals surface area contributed by atoms with Crippen LogP contribution in [0.15, 0.2) is 18.3 Å². The van der Waals surface area contributed by atoms with E-state index in [4.69, 9.17) is 9.47 Å². The number of halogens is 1. The van der Waals surface area contributed by atoms with E-state index in [1.807, 2.05) is 55.1 Å². The first-order chi connectivity index (χ1) is 15.2. The standard InChI is InChI=1S/C22H29IN6O3/c1-14-20(15-11-18-24-13-17(23)28(18)19(12-15)31-5)25-26-29(14)16-7-6-9-27(10-8-16)21(30)32-22(2,3)4/h11-13,16H,6-10H2,1-5H3. The van der Waals surface area contributed by atoms with E-state index < -0.39 is 5.60 Å². The van der Waals surface area contributed by atoms with Gasteiger partial charge < -0.3 is 14.4 Å². The molecule has 172 valence electrons. The SMILES string of the molecule is COc1cc(-c2nnn(C3CCCN(C(=O)OC(C)(C)C)CC3)c2C)cc2ncc(I)n12. The predicted molar refractivity (Wildman–Crippen MR) is 129 cm³/mol. The van der Waals surface area contributed by atoms with Gasteiger partial charge in [0.25, 0.3) is 0 Å². The zero-order valence-electron chi connectivity index (χ0n) is 19.1. The molecule has 0 aliphatic carbocycles. The van der Waals surface area contributed by atoms with E-state index in [1.165, 1.54) is 0 Å². The summed E-state index contributed by atoms with van der Waals surface area (Å²) in [5.41, 5.74) is 3.05. The van der Waals surface area contributed by atoms with E-state index >= 15 is 0 Å². The van der Waals surface area contributed by atoms with Gasteiger partial charge in [-0.25, -0.2) is 14.5 Å². The number of carbonyl (C=O) groups excluding carboxylic acids is 1. The molecular formula is C22H29IN6O3. The van der Waals surface area contributed by atoms with Crippen molar-refractivity contribution in [2.24, 2.45) is 0 Å². The van der Waals surface area contributed by atoms with Gasteiger partial charge in [0, 0.05) is 24.7 Å². The molecule has 9 nitrogen and oxygen atoms in total. The fraction of sp³-hybridized carbons (Fsp3) is 0.545. The van der Waals surface area contributed by atoms with Crippen LogP contribution in [0.25, 0.3) is 16.9 Å². The van der Waals surface area contributed by atoms with Gasteiger partial charge in [-0.2, -0.15) is 0 Å². The van der Waals surface area contributed by atoms with Crippen molar-refractivity contribution in [3.8, 4) is 17.1 Å². The topological polar surface area (TPSA) is 86.8 Å². The zero-order valence-corrected chi connectivity index (χ0v) is 21.3. The minimum Gasteiger partial charge on any atom is -0.482 e. The van der Waals surface area contributed by atoms with Crippen molar-refractivity contribution in [1.29, 1.82) is 0 Å². The van der Waals surface area contributed by atoms with Crippen LogP contribution in [0.1, 0.15) is 51.8 Å². The molecular weight excluding hydrogens is 523 g/mol. The second kappa shape index (κ2) is 8.87. The highest BCUT2D eigenvalue weighted by atomic mass is 127. The van der Waals surface area contributed by atoms with Crippen LogP contribution in [-0.2, 0) is 4.74 Å². The molecule has 1 fully saturated rings. The summed E-state index contributed by atoms with van der Waals surface area (Å²) >= 11 is 2.24. The second-order valence-electron chi connectivity index (χ2n) is 9.08. The van der Waals surface area contributed by atoms with Gasteiger partial charge in [-0.3, -0.25) is 4.40 Å². The average Bonchev–Trinajstić information content (AvgIpc) is 3.19. The Morgan fingerprint density at radius 3 is 2.72 bits per heavy atom. The number of carbonyl (C=O) groups is 1. The van der Waals surface area contributed by atoms with E-state index in [-0.39, 0.29) is 12.1 Å². The van der Waals surface area contributed by atoms with E-state index in [0.717, 1.165) is 45.6 Å². The van der Waals surface area contributed by atoms with Gasteiger partial charge in [-0.05, 0) is 75.6 Å². The van der Waals surface area contributed by atoms with Gasteiger partial charge in [-0.15, -0.1) is 5.10 Å². The Hall–Kier alpha value is -2.37. The summed E-state index contributed by atoms with van der Waals surface area (Å²) in [7, 11) is 1.65. The number of hydrogen-bond acceptors (Lipinski definition) is 6. The van der Waals surface area contributed by atoms with E-state index in [0.29, 0.717) is 19.0 Å². The number of hydrogen-bond donors (Lipinski definition) is 0. The third kappa shape index (κ3) is 4.55. The third-order valence-corrected chi connectivity index (χ3v) is 6.40. The zero-order chi connectivity index (χ0) is 23.0. The average molecular weight is 552 g/mol. The maximum Gasteiger partial charge on any atom is 0.410 e. The first-order valence-corrected chi connectivity index (χ1v) is 11.9. The molecule has 0 aromatic carbocycles. The quantitative estimate of drug-likeness (QED) is 0.446. The van der Waals surface area contributed by atoms with Crippen LogP contribution in [0.5, 0.6) is 5.88 Å². The Balaban J connectivity index is 1.56. The Kier molecular flexibility index (Phi) is 6.33. The fourth-order valence-corrected chi connectivity index (χ4v) is 4.74. The number of rotatable bonds is 3. The summed E-state index contributed by atoms with van der Waals surface area (Å²) in [6.45, 7) is 9.05. The number of ether oxygens (including phenoxy) is 2. The van der Waals surface area contributed by atoms with Crippen LogP contribution in [0.2, 0.25) is 0 Å². The largest absolute Gasteiger partial charge is 0.482 e. The number of nitrogens with zero attached hydrogens (tertiary/aromatic N) is 6. The molecule has 1 aliphatic rings. The number of imidazole rings is 1. The van der Waals surface area contributed by atoms with Crippen molar-refractivity contribution in [3.63, 3.8) is 0 Å². The number of likely N-dealkylation sites (tertiary alicyclic amines) is 1. The molecule has 0 N–H and O–H groups in total. The lowest BCUT2D eigenvalue weighted by molar-refractivity contribution is 0.0255. The maximum absolute atomic E-state index is 12.5. The summed E-state index contributed by atoms with van der Waals surface area (Å²) < 4.78 is 16.1. The molecule has 3 aromatic heterocycles. The minimum absolute atomic E-state index is 0.182. The van der Waals surface area contributed by atoms with Crippen LogP contribution in [0.4, 0.5) is 4.79 Å². The molecule has 0 spiro atoms. The molecule has 1 unspecified atom stereocenters. The lowest BCUT2D eigenvalue weighted by Crippen LogP contribution is -2.37. The monoisotopic (exact) mass is 552 g/mol. The van der Waals surface area contributed by atoms with Crippen LogP contribution in [0.3, 0.4) is 0 Å². The lowest BCUT2D eigenvalue weighted by Gasteiger charge is -2.26. The summed E-state index contributed by atoms with van der Waals surface area (Å²) in [6, 6.07) is 4.15. The lowest BCUT2D eigenvalue weighted by atomic mass is 10.1. The summed E-state index contributed by atoms with van der Waals surface area (Å²) in [6.07, 6.45) is 4.20. The highest BCUT2D eigenvalue weighted by Gasteiger charge is 2.27. The summed E-state index contributed by atoms with van der Waals surface area (Å²) in [5.74, 6) is 0.704. The Bertz CT molecular complexity index is 1130. The van der Waals surface area contributed by atoms with Crippen molar-refractivity contribution in [1.82, 2.24) is 29.3 Å². The smallest absolute Gasteiger partial charge is 0.410 e. The molecule has 1 amide bonds. The fourth-order valence-electron chi connectivity index (χ4n) is 4.12. The molecule has 0 saturated carbocycles. The van der Waals surface area contributed by atoms with Gasteiger partial charge in [0.1, 0.15) is 20.6 Å². The molecule has 1 saturated heterocycles. The van der Waals surface area contributed by atoms with E-state index in [2.05, 4.69) is 37.9 Å². The first-order valence-electron chi connectivity index (χ1n) is 10.8. The van der Waals surface area contributed by atoms with E-state index in [1.54, 1.807) is 12.0 Å². The van der Waals surface area contributed by atoms with Crippen molar-refractivity contribution in [2.75, 3.05) is 20.2 Å². The molecule has 32 heavy (non-hydrogen) atoms. The van der Waals surface area contributed by atoms with Gasteiger partial charge in [-0.1, -0.05) is 5.21 Å². The van der Waals surface area contributed by atoms with Gasteiger partial charge >= 0.3 is 6.09 Å². The molecule has 10 heteroatoms. The molecule has 0 radical (unpaired) electrons. The van der Waals surface area contributed by atoms with Gasteiger partial charge in [0.2, 0.25) is 5.88 Å². The molecule has 4 rings (SSSR count). The van der Waals surface area contributed by atoms with Crippen molar-refractivity contribution >= 4 is 34.3 Å². The Morgan fingerprint density at radius 2 is 2.00 bits per heavy atom. The molecule has 1 aliphatic heterocycles. The summed E-state index contributed by atoms with van der Waals surface area (Å²) in [5, 5.41) is 8.99. The van der Waals surface area contributed by atoms with Crippen LogP contribution < -0.4 is 4.74 Å². The number of fused-ring (bicyclic) bond motifs is 1. The number of aromatic nitrogens is 5. The molecule has 3 aromatic rings. The van der Waals surface area contributed by atoms with E-state index in [9.17, 15) is 4.79 Å². The maximum atomic E-state index is 12.5. The molecule has 4 heterocycles. The normalized spacial score (nSPS) is 17.4. The van der Waals surface area contributed by atoms with Gasteiger partial charge in [0.15, 0.2) is 0 Å². The third-order valence-electron chi connectivity index (χ3n) is 5.64. The number of amides is 1. The predicted octanol–water partition coefficient (Wildman–Crippen LogP) is 4.48. The van der Waals surface area contributed by atoms with Crippen LogP contribution >= 0.6 is 22.6 Å². The number of pyridine rings is 1. The summed E-state index contributed by atoms with van der Waals surface area (Å²) in [4.78, 5) is 18.8. The van der Waals surface area contributed by atoms with Crippen molar-refractivity contribution in [2.45, 2.75) is 58.6 Å². The molecule has 1 atom stereocenters. The minimum atomic E-state index is -0.491. The van der Waals surface area contributed by atoms with Gasteiger partial charge in [0.05, 0.1) is 25.0 Å². The van der Waals surface area contributed by atoms with Crippen molar-refractivity contribution in [3.05, 3.63) is 27.7 Å². The van der Waals surface area contributed by atoms with Crippen LogP contribution in [-0.4, -0.2) is 61.2 Å². The Morgan fingerprint density at radius 1 is 1.22 bits per heavy atom. The highest BCUT2D eigenvalue weighted by Crippen LogP contribution is 2.31. The van der Waals surface area contributed by atoms with Crippen LogP contribution in [0, 0.1) is 10.6 Å². The second-order valence-corrected chi connectivity index (χ2v) is 10.2. The molecule has 0 bridgehead atoms. The number of methoxy groups -OCH3 is 1. The first kappa shape index (κ1) is 22.8.